The predicted molar refractivity (Wildman–Crippen MR) is 84.7 cm³/mol. The summed E-state index contributed by atoms with van der Waals surface area (Å²) in [6.45, 7) is 4.52. The molecule has 1 aromatic carbocycles. The number of ether oxygens (including phenoxy) is 1. The highest BCUT2D eigenvalue weighted by molar-refractivity contribution is 9.11. The van der Waals surface area contributed by atoms with Gasteiger partial charge in [-0.15, -0.1) is 11.3 Å². The molecular weight excluding hydrogens is 360 g/mol. The molecule has 0 aliphatic rings. The fraction of sp³-hybridized carbons (Fsp3) is 0.333. The quantitative estimate of drug-likeness (QED) is 0.777. The van der Waals surface area contributed by atoms with Crippen molar-refractivity contribution in [2.45, 2.75) is 33.0 Å². The van der Waals surface area contributed by atoms with Gasteiger partial charge < -0.3 is 10.1 Å². The molecular formula is C15H16BrF2NOS. The molecule has 21 heavy (non-hydrogen) atoms. The lowest BCUT2D eigenvalue weighted by Crippen LogP contribution is -2.22. The molecule has 2 rings (SSSR count). The Hall–Kier alpha value is -0.980. The Morgan fingerprint density at radius 3 is 2.43 bits per heavy atom. The molecule has 0 aliphatic heterocycles. The number of thiophene rings is 1. The van der Waals surface area contributed by atoms with Gasteiger partial charge in [-0.05, 0) is 45.8 Å². The van der Waals surface area contributed by atoms with Gasteiger partial charge in [-0.2, -0.15) is 0 Å². The summed E-state index contributed by atoms with van der Waals surface area (Å²) in [6, 6.07) is 6.59. The van der Waals surface area contributed by atoms with E-state index in [1.165, 1.54) is 23.5 Å². The predicted octanol–water partition coefficient (Wildman–Crippen LogP) is 4.87. The third-order valence-electron chi connectivity index (χ3n) is 2.76. The molecule has 6 heteroatoms. The molecule has 114 valence electrons. The van der Waals surface area contributed by atoms with E-state index in [0.29, 0.717) is 12.1 Å². The van der Waals surface area contributed by atoms with Crippen LogP contribution in [0.5, 0.6) is 5.75 Å². The lowest BCUT2D eigenvalue weighted by molar-refractivity contribution is 0.276. The molecule has 0 amide bonds. The van der Waals surface area contributed by atoms with Crippen molar-refractivity contribution in [3.05, 3.63) is 50.1 Å². The van der Waals surface area contributed by atoms with E-state index in [0.717, 1.165) is 8.66 Å². The lowest BCUT2D eigenvalue weighted by Gasteiger charge is -2.11. The Labute approximate surface area is 135 Å². The van der Waals surface area contributed by atoms with Gasteiger partial charge in [0.1, 0.15) is 6.61 Å². The highest BCUT2D eigenvalue weighted by Gasteiger charge is 2.13. The summed E-state index contributed by atoms with van der Waals surface area (Å²) in [7, 11) is 0. The smallest absolute Gasteiger partial charge is 0.191 e. The summed E-state index contributed by atoms with van der Waals surface area (Å²) < 4.78 is 34.1. The molecule has 0 spiro atoms. The molecule has 2 aromatic rings. The first kappa shape index (κ1) is 16.4. The number of nitrogens with one attached hydrogen (secondary N) is 1. The van der Waals surface area contributed by atoms with Crippen LogP contribution in [0.3, 0.4) is 0 Å². The standard InChI is InChI=1S/C15H16BrF2NOS/c1-9(2)19-7-10-5-12(17)15(13(18)6-10)20-8-11-3-4-14(16)21-11/h3-6,9,19H,7-8H2,1-2H3. The second kappa shape index (κ2) is 7.33. The van der Waals surface area contributed by atoms with E-state index in [4.69, 9.17) is 4.74 Å². The zero-order valence-corrected chi connectivity index (χ0v) is 14.2. The minimum Gasteiger partial charge on any atom is -0.482 e. The first-order valence-electron chi connectivity index (χ1n) is 6.54. The highest BCUT2D eigenvalue weighted by Crippen LogP contribution is 2.27. The Balaban J connectivity index is 2.06. The van der Waals surface area contributed by atoms with Crippen LogP contribution in [-0.4, -0.2) is 6.04 Å². The number of benzene rings is 1. The van der Waals surface area contributed by atoms with Crippen molar-refractivity contribution in [1.82, 2.24) is 5.32 Å². The topological polar surface area (TPSA) is 21.3 Å². The molecule has 1 heterocycles. The average molecular weight is 376 g/mol. The molecule has 2 nitrogen and oxygen atoms in total. The van der Waals surface area contributed by atoms with E-state index in [1.807, 2.05) is 26.0 Å². The summed E-state index contributed by atoms with van der Waals surface area (Å²) in [5.41, 5.74) is 0.560. The molecule has 0 fully saturated rings. The van der Waals surface area contributed by atoms with Crippen molar-refractivity contribution in [2.24, 2.45) is 0 Å². The van der Waals surface area contributed by atoms with Crippen LogP contribution in [0.4, 0.5) is 8.78 Å². The largest absolute Gasteiger partial charge is 0.482 e. The molecule has 0 saturated heterocycles. The minimum atomic E-state index is -0.675. The van der Waals surface area contributed by atoms with Gasteiger partial charge in [-0.1, -0.05) is 13.8 Å². The van der Waals surface area contributed by atoms with Gasteiger partial charge in [0, 0.05) is 17.5 Å². The Morgan fingerprint density at radius 2 is 1.90 bits per heavy atom. The van der Waals surface area contributed by atoms with Gasteiger partial charge >= 0.3 is 0 Å². The van der Waals surface area contributed by atoms with E-state index in [2.05, 4.69) is 21.2 Å². The summed E-state index contributed by atoms with van der Waals surface area (Å²) >= 11 is 4.80. The van der Waals surface area contributed by atoms with Crippen LogP contribution in [0.25, 0.3) is 0 Å². The maximum atomic E-state index is 13.9. The molecule has 0 radical (unpaired) electrons. The van der Waals surface area contributed by atoms with E-state index in [1.54, 1.807) is 0 Å². The molecule has 0 unspecified atom stereocenters. The number of halogens is 3. The second-order valence-electron chi connectivity index (χ2n) is 4.92. The zero-order chi connectivity index (χ0) is 15.4. The zero-order valence-electron chi connectivity index (χ0n) is 11.8. The van der Waals surface area contributed by atoms with Gasteiger partial charge in [0.25, 0.3) is 0 Å². The summed E-state index contributed by atoms with van der Waals surface area (Å²) in [5.74, 6) is -1.68. The van der Waals surface area contributed by atoms with Crippen LogP contribution in [0, 0.1) is 11.6 Å². The van der Waals surface area contributed by atoms with E-state index < -0.39 is 11.6 Å². The highest BCUT2D eigenvalue weighted by atomic mass is 79.9. The summed E-state index contributed by atoms with van der Waals surface area (Å²) in [4.78, 5) is 0.895. The maximum absolute atomic E-state index is 13.9. The molecule has 0 saturated carbocycles. The maximum Gasteiger partial charge on any atom is 0.191 e. The van der Waals surface area contributed by atoms with Crippen molar-refractivity contribution in [3.63, 3.8) is 0 Å². The van der Waals surface area contributed by atoms with E-state index >= 15 is 0 Å². The molecule has 1 N–H and O–H groups in total. The van der Waals surface area contributed by atoms with E-state index in [9.17, 15) is 8.78 Å². The van der Waals surface area contributed by atoms with Crippen LogP contribution < -0.4 is 10.1 Å². The third kappa shape index (κ3) is 4.76. The molecule has 1 aromatic heterocycles. The van der Waals surface area contributed by atoms with Crippen molar-refractivity contribution in [3.8, 4) is 5.75 Å². The van der Waals surface area contributed by atoms with Crippen LogP contribution in [0.2, 0.25) is 0 Å². The molecule has 0 atom stereocenters. The SMILES string of the molecule is CC(C)NCc1cc(F)c(OCc2ccc(Br)s2)c(F)c1. The van der Waals surface area contributed by atoms with E-state index in [-0.39, 0.29) is 18.4 Å². The normalized spacial score (nSPS) is 11.1. The first-order valence-corrected chi connectivity index (χ1v) is 8.15. The van der Waals surface area contributed by atoms with Gasteiger partial charge in [-0.25, -0.2) is 8.78 Å². The van der Waals surface area contributed by atoms with Gasteiger partial charge in [0.2, 0.25) is 0 Å². The van der Waals surface area contributed by atoms with Gasteiger partial charge in [0.15, 0.2) is 17.4 Å². The van der Waals surface area contributed by atoms with Crippen molar-refractivity contribution in [2.75, 3.05) is 0 Å². The Kier molecular flexibility index (Phi) is 5.72. The summed E-state index contributed by atoms with van der Waals surface area (Å²) in [5, 5.41) is 3.12. The van der Waals surface area contributed by atoms with Crippen molar-refractivity contribution < 1.29 is 13.5 Å². The fourth-order valence-electron chi connectivity index (χ4n) is 1.75. The number of hydrogen-bond donors (Lipinski definition) is 1. The van der Waals surface area contributed by atoms with Crippen LogP contribution in [0.15, 0.2) is 28.1 Å². The number of rotatable bonds is 6. The fourth-order valence-corrected chi connectivity index (χ4v) is 3.14. The first-order chi connectivity index (χ1) is 9.95. The minimum absolute atomic E-state index is 0.147. The van der Waals surface area contributed by atoms with Crippen LogP contribution in [-0.2, 0) is 13.2 Å². The third-order valence-corrected chi connectivity index (χ3v) is 4.36. The Morgan fingerprint density at radius 1 is 1.24 bits per heavy atom. The Bertz CT molecular complexity index is 592. The monoisotopic (exact) mass is 375 g/mol. The molecule has 0 bridgehead atoms. The molecule has 0 aliphatic carbocycles. The van der Waals surface area contributed by atoms with Crippen LogP contribution >= 0.6 is 27.3 Å². The van der Waals surface area contributed by atoms with Crippen molar-refractivity contribution >= 4 is 27.3 Å². The lowest BCUT2D eigenvalue weighted by atomic mass is 10.2. The van der Waals surface area contributed by atoms with Gasteiger partial charge in [0.05, 0.1) is 3.79 Å². The van der Waals surface area contributed by atoms with Crippen molar-refractivity contribution in [1.29, 1.82) is 0 Å². The van der Waals surface area contributed by atoms with Gasteiger partial charge in [-0.3, -0.25) is 0 Å². The second-order valence-corrected chi connectivity index (χ2v) is 7.47. The summed E-state index contributed by atoms with van der Waals surface area (Å²) in [6.07, 6.45) is 0. The van der Waals surface area contributed by atoms with Crippen LogP contribution in [0.1, 0.15) is 24.3 Å². The number of hydrogen-bond acceptors (Lipinski definition) is 3. The average Bonchev–Trinajstić information content (AvgIpc) is 2.81.